The van der Waals surface area contributed by atoms with Gasteiger partial charge in [0.1, 0.15) is 5.75 Å². The molecule has 0 atom stereocenters. The maximum Gasteiger partial charge on any atom is 0.398 e. The molecule has 0 unspecified atom stereocenters. The van der Waals surface area contributed by atoms with Gasteiger partial charge < -0.3 is 4.74 Å². The fourth-order valence-corrected chi connectivity index (χ4v) is 2.56. The summed E-state index contributed by atoms with van der Waals surface area (Å²) in [5.41, 5.74) is -0.385. The van der Waals surface area contributed by atoms with Gasteiger partial charge in [-0.05, 0) is 43.0 Å². The van der Waals surface area contributed by atoms with Crippen molar-refractivity contribution in [3.63, 3.8) is 0 Å². The number of carbonyl (C=O) groups is 1. The number of carbonyl (C=O) groups excluding carboxylic acids is 1. The van der Waals surface area contributed by atoms with E-state index in [2.05, 4.69) is 4.98 Å². The highest BCUT2D eigenvalue weighted by Gasteiger charge is 2.64. The quantitative estimate of drug-likeness (QED) is 0.773. The van der Waals surface area contributed by atoms with E-state index in [1.165, 1.54) is 30.5 Å². The molecular weight excluding hydrogens is 307 g/mol. The third-order valence-corrected chi connectivity index (χ3v) is 4.13. The number of aryl methyl sites for hydroxylation is 1. The highest BCUT2D eigenvalue weighted by molar-refractivity contribution is 5.74. The SMILES string of the molecule is Cc1cc(C2(C(F)(F)F)CC2)ccc1Oc1ccc(C=O)cn1. The molecule has 0 bridgehead atoms. The van der Waals surface area contributed by atoms with Crippen LogP contribution >= 0.6 is 0 Å². The molecule has 1 aromatic heterocycles. The van der Waals surface area contributed by atoms with E-state index < -0.39 is 11.6 Å². The number of ether oxygens (including phenoxy) is 1. The molecule has 23 heavy (non-hydrogen) atoms. The molecule has 1 fully saturated rings. The second kappa shape index (κ2) is 5.37. The van der Waals surface area contributed by atoms with Crippen molar-refractivity contribution < 1.29 is 22.7 Å². The standard InChI is InChI=1S/C17H14F3NO2/c1-11-8-13(16(6-7-16)17(18,19)20)3-4-14(11)23-15-5-2-12(10-22)9-21-15/h2-5,8-10H,6-7H2,1H3. The lowest BCUT2D eigenvalue weighted by Gasteiger charge is -2.20. The van der Waals surface area contributed by atoms with Gasteiger partial charge in [-0.25, -0.2) is 4.98 Å². The van der Waals surface area contributed by atoms with Crippen molar-refractivity contribution in [1.29, 1.82) is 0 Å². The summed E-state index contributed by atoms with van der Waals surface area (Å²) in [5, 5.41) is 0. The van der Waals surface area contributed by atoms with E-state index in [0.29, 0.717) is 23.2 Å². The number of aldehydes is 1. The van der Waals surface area contributed by atoms with Crippen molar-refractivity contribution in [2.45, 2.75) is 31.4 Å². The second-order valence-corrected chi connectivity index (χ2v) is 5.71. The van der Waals surface area contributed by atoms with E-state index in [4.69, 9.17) is 4.74 Å². The Morgan fingerprint density at radius 3 is 2.43 bits per heavy atom. The number of nitrogens with zero attached hydrogens (tertiary/aromatic N) is 1. The predicted octanol–water partition coefficient (Wildman–Crippen LogP) is 4.59. The molecule has 0 radical (unpaired) electrons. The number of pyridine rings is 1. The molecule has 0 aliphatic heterocycles. The van der Waals surface area contributed by atoms with Gasteiger partial charge in [-0.1, -0.05) is 12.1 Å². The maximum absolute atomic E-state index is 13.2. The van der Waals surface area contributed by atoms with E-state index in [9.17, 15) is 18.0 Å². The highest BCUT2D eigenvalue weighted by Crippen LogP contribution is 2.59. The minimum Gasteiger partial charge on any atom is -0.439 e. The van der Waals surface area contributed by atoms with Crippen LogP contribution in [0.15, 0.2) is 36.5 Å². The van der Waals surface area contributed by atoms with Gasteiger partial charge in [0.25, 0.3) is 0 Å². The topological polar surface area (TPSA) is 39.2 Å². The van der Waals surface area contributed by atoms with Gasteiger partial charge in [0.15, 0.2) is 6.29 Å². The summed E-state index contributed by atoms with van der Waals surface area (Å²) in [6.07, 6.45) is -1.93. The molecule has 1 aliphatic rings. The van der Waals surface area contributed by atoms with Crippen molar-refractivity contribution in [2.24, 2.45) is 0 Å². The summed E-state index contributed by atoms with van der Waals surface area (Å²) in [5.74, 6) is 0.724. The number of alkyl halides is 3. The zero-order valence-corrected chi connectivity index (χ0v) is 12.4. The number of benzene rings is 1. The Bertz CT molecular complexity index is 734. The van der Waals surface area contributed by atoms with E-state index in [0.717, 1.165) is 0 Å². The molecule has 1 aliphatic carbocycles. The van der Waals surface area contributed by atoms with Crippen LogP contribution in [-0.4, -0.2) is 17.4 Å². The van der Waals surface area contributed by atoms with Crippen molar-refractivity contribution >= 4 is 6.29 Å². The summed E-state index contributed by atoms with van der Waals surface area (Å²) in [4.78, 5) is 14.6. The lowest BCUT2D eigenvalue weighted by atomic mass is 9.93. The van der Waals surface area contributed by atoms with Crippen LogP contribution in [0.3, 0.4) is 0 Å². The van der Waals surface area contributed by atoms with Crippen LogP contribution in [0, 0.1) is 6.92 Å². The van der Waals surface area contributed by atoms with Crippen LogP contribution < -0.4 is 4.74 Å². The molecule has 0 N–H and O–H groups in total. The minimum absolute atomic E-state index is 0.130. The van der Waals surface area contributed by atoms with Crippen LogP contribution in [0.1, 0.15) is 34.3 Å². The van der Waals surface area contributed by atoms with Gasteiger partial charge in [0.2, 0.25) is 5.88 Å². The molecule has 0 saturated heterocycles. The molecule has 1 aromatic carbocycles. The first-order chi connectivity index (χ1) is 10.9. The lowest BCUT2D eigenvalue weighted by molar-refractivity contribution is -0.160. The van der Waals surface area contributed by atoms with E-state index in [-0.39, 0.29) is 24.3 Å². The molecule has 120 valence electrons. The molecule has 2 aromatic rings. The number of aromatic nitrogens is 1. The normalized spacial score (nSPS) is 16.0. The van der Waals surface area contributed by atoms with Crippen LogP contribution in [0.25, 0.3) is 0 Å². The molecular formula is C17H14F3NO2. The molecule has 1 heterocycles. The van der Waals surface area contributed by atoms with Gasteiger partial charge in [0.05, 0.1) is 5.41 Å². The van der Waals surface area contributed by atoms with E-state index >= 15 is 0 Å². The van der Waals surface area contributed by atoms with Gasteiger partial charge in [-0.3, -0.25) is 4.79 Å². The number of hydrogen-bond acceptors (Lipinski definition) is 3. The summed E-state index contributed by atoms with van der Waals surface area (Å²) in [7, 11) is 0. The molecule has 1 saturated carbocycles. The monoisotopic (exact) mass is 321 g/mol. The molecule has 3 rings (SSSR count). The van der Waals surface area contributed by atoms with Gasteiger partial charge in [0, 0.05) is 17.8 Å². The zero-order valence-electron chi connectivity index (χ0n) is 12.4. The van der Waals surface area contributed by atoms with Crippen LogP contribution in [0.4, 0.5) is 13.2 Å². The summed E-state index contributed by atoms with van der Waals surface area (Å²) in [6, 6.07) is 7.61. The van der Waals surface area contributed by atoms with E-state index in [1.54, 1.807) is 13.0 Å². The van der Waals surface area contributed by atoms with Crippen molar-refractivity contribution in [3.8, 4) is 11.6 Å². The third-order valence-electron chi connectivity index (χ3n) is 4.13. The Kier molecular flexibility index (Phi) is 3.62. The number of hydrogen-bond donors (Lipinski definition) is 0. The fourth-order valence-electron chi connectivity index (χ4n) is 2.56. The predicted molar refractivity (Wildman–Crippen MR) is 77.8 cm³/mol. The summed E-state index contributed by atoms with van der Waals surface area (Å²) >= 11 is 0. The smallest absolute Gasteiger partial charge is 0.398 e. The van der Waals surface area contributed by atoms with E-state index in [1.807, 2.05) is 0 Å². The van der Waals surface area contributed by atoms with Crippen molar-refractivity contribution in [3.05, 3.63) is 53.2 Å². The molecule has 6 heteroatoms. The number of rotatable bonds is 4. The van der Waals surface area contributed by atoms with Crippen molar-refractivity contribution in [2.75, 3.05) is 0 Å². The van der Waals surface area contributed by atoms with Crippen LogP contribution in [-0.2, 0) is 5.41 Å². The highest BCUT2D eigenvalue weighted by atomic mass is 19.4. The average molecular weight is 321 g/mol. The molecule has 3 nitrogen and oxygen atoms in total. The molecule has 0 spiro atoms. The fraction of sp³-hybridized carbons (Fsp3) is 0.294. The first-order valence-electron chi connectivity index (χ1n) is 7.13. The number of halogens is 3. The minimum atomic E-state index is -4.23. The zero-order chi connectivity index (χ0) is 16.7. The van der Waals surface area contributed by atoms with Crippen LogP contribution in [0.2, 0.25) is 0 Å². The second-order valence-electron chi connectivity index (χ2n) is 5.71. The Hall–Kier alpha value is -2.37. The average Bonchev–Trinajstić information content (AvgIpc) is 3.31. The Morgan fingerprint density at radius 2 is 1.96 bits per heavy atom. The van der Waals surface area contributed by atoms with Gasteiger partial charge >= 0.3 is 6.18 Å². The van der Waals surface area contributed by atoms with Crippen LogP contribution in [0.5, 0.6) is 11.6 Å². The maximum atomic E-state index is 13.2. The van der Waals surface area contributed by atoms with Crippen molar-refractivity contribution in [1.82, 2.24) is 4.98 Å². The third kappa shape index (κ3) is 2.81. The largest absolute Gasteiger partial charge is 0.439 e. The Balaban J connectivity index is 1.84. The van der Waals surface area contributed by atoms with Gasteiger partial charge in [-0.15, -0.1) is 0 Å². The molecule has 0 amide bonds. The first kappa shape index (κ1) is 15.5. The van der Waals surface area contributed by atoms with Gasteiger partial charge in [-0.2, -0.15) is 13.2 Å². The summed E-state index contributed by atoms with van der Waals surface area (Å²) in [6.45, 7) is 1.70. The lowest BCUT2D eigenvalue weighted by Crippen LogP contribution is -2.28. The summed E-state index contributed by atoms with van der Waals surface area (Å²) < 4.78 is 45.1. The Labute approximate surface area is 131 Å². The Morgan fingerprint density at radius 1 is 1.22 bits per heavy atom. The first-order valence-corrected chi connectivity index (χ1v) is 7.13.